The van der Waals surface area contributed by atoms with Gasteiger partial charge in [-0.15, -0.1) is 0 Å². The topological polar surface area (TPSA) is 70.7 Å². The fourth-order valence-electron chi connectivity index (χ4n) is 2.64. The van der Waals surface area contributed by atoms with Crippen LogP contribution in [0.4, 0.5) is 11.4 Å². The second-order valence-corrected chi connectivity index (χ2v) is 5.27. The maximum atomic E-state index is 12.1. The average molecular weight is 289 g/mol. The number of benzene rings is 1. The molecule has 0 radical (unpaired) electrons. The fourth-order valence-corrected chi connectivity index (χ4v) is 2.64. The van der Waals surface area contributed by atoms with Crippen molar-refractivity contribution in [1.82, 2.24) is 5.32 Å². The average Bonchev–Trinajstić information content (AvgIpc) is 2.94. The lowest BCUT2D eigenvalue weighted by molar-refractivity contribution is -0.120. The summed E-state index contributed by atoms with van der Waals surface area (Å²) in [6.07, 6.45) is 1.48. The summed E-state index contributed by atoms with van der Waals surface area (Å²) in [7, 11) is 0. The number of amides is 2. The van der Waals surface area contributed by atoms with Gasteiger partial charge in [-0.05, 0) is 24.6 Å². The van der Waals surface area contributed by atoms with Crippen molar-refractivity contribution in [2.24, 2.45) is 0 Å². The van der Waals surface area contributed by atoms with Crippen LogP contribution in [0.15, 0.2) is 24.3 Å². The molecule has 2 aliphatic rings. The van der Waals surface area contributed by atoms with Crippen molar-refractivity contribution in [3.63, 3.8) is 0 Å². The first kappa shape index (κ1) is 14.0. The zero-order valence-corrected chi connectivity index (χ0v) is 11.8. The van der Waals surface area contributed by atoms with Crippen LogP contribution in [-0.2, 0) is 14.3 Å². The molecule has 0 aromatic heterocycles. The van der Waals surface area contributed by atoms with E-state index in [-0.39, 0.29) is 17.9 Å². The molecule has 2 fully saturated rings. The minimum Gasteiger partial charge on any atom is -0.378 e. The van der Waals surface area contributed by atoms with Gasteiger partial charge in [0, 0.05) is 30.9 Å². The number of carbonyl (C=O) groups is 2. The molecule has 2 heterocycles. The van der Waals surface area contributed by atoms with Gasteiger partial charge in [-0.2, -0.15) is 0 Å². The number of hydrogen-bond acceptors (Lipinski definition) is 4. The van der Waals surface area contributed by atoms with Gasteiger partial charge in [0.1, 0.15) is 6.04 Å². The summed E-state index contributed by atoms with van der Waals surface area (Å²) in [6, 6.07) is 7.08. The van der Waals surface area contributed by atoms with E-state index in [9.17, 15) is 9.59 Å². The number of anilines is 2. The summed E-state index contributed by atoms with van der Waals surface area (Å²) in [5, 5.41) is 5.99. The van der Waals surface area contributed by atoms with Crippen molar-refractivity contribution in [3.8, 4) is 0 Å². The van der Waals surface area contributed by atoms with Gasteiger partial charge < -0.3 is 20.3 Å². The Kier molecular flexibility index (Phi) is 4.17. The van der Waals surface area contributed by atoms with E-state index in [0.29, 0.717) is 31.9 Å². The molecule has 0 spiro atoms. The molecule has 112 valence electrons. The largest absolute Gasteiger partial charge is 0.378 e. The molecule has 3 rings (SSSR count). The Morgan fingerprint density at radius 1 is 1.43 bits per heavy atom. The Balaban J connectivity index is 1.68. The van der Waals surface area contributed by atoms with E-state index in [2.05, 4.69) is 10.6 Å². The van der Waals surface area contributed by atoms with Crippen molar-refractivity contribution in [2.75, 3.05) is 36.5 Å². The molecule has 1 aromatic rings. The van der Waals surface area contributed by atoms with Crippen LogP contribution in [0.1, 0.15) is 12.8 Å². The molecule has 6 nitrogen and oxygen atoms in total. The Bertz CT molecular complexity index is 541. The molecule has 0 saturated carbocycles. The third-order valence-corrected chi connectivity index (χ3v) is 3.74. The van der Waals surface area contributed by atoms with E-state index >= 15 is 0 Å². The van der Waals surface area contributed by atoms with Crippen molar-refractivity contribution >= 4 is 23.2 Å². The molecule has 2 saturated heterocycles. The minimum absolute atomic E-state index is 0.111. The van der Waals surface area contributed by atoms with Crippen molar-refractivity contribution < 1.29 is 14.3 Å². The maximum absolute atomic E-state index is 12.1. The monoisotopic (exact) mass is 289 g/mol. The van der Waals surface area contributed by atoms with E-state index in [4.69, 9.17) is 4.74 Å². The number of nitrogens with zero attached hydrogens (tertiary/aromatic N) is 1. The lowest BCUT2D eigenvalue weighted by Gasteiger charge is -2.23. The van der Waals surface area contributed by atoms with Crippen molar-refractivity contribution in [1.29, 1.82) is 0 Å². The van der Waals surface area contributed by atoms with E-state index in [0.717, 1.165) is 18.7 Å². The van der Waals surface area contributed by atoms with Crippen LogP contribution in [0.2, 0.25) is 0 Å². The van der Waals surface area contributed by atoms with Gasteiger partial charge in [0.25, 0.3) is 0 Å². The highest BCUT2D eigenvalue weighted by Gasteiger charge is 2.23. The normalized spacial score (nSPS) is 22.4. The molecule has 0 bridgehead atoms. The minimum atomic E-state index is -0.323. The Labute approximate surface area is 123 Å². The van der Waals surface area contributed by atoms with Gasteiger partial charge in [-0.1, -0.05) is 6.07 Å². The Hall–Kier alpha value is -1.92. The van der Waals surface area contributed by atoms with Gasteiger partial charge in [0.05, 0.1) is 13.2 Å². The van der Waals surface area contributed by atoms with Gasteiger partial charge in [-0.3, -0.25) is 9.59 Å². The fraction of sp³-hybridized carbons (Fsp3) is 0.467. The van der Waals surface area contributed by atoms with Crippen molar-refractivity contribution in [3.05, 3.63) is 24.3 Å². The highest BCUT2D eigenvalue weighted by Crippen LogP contribution is 2.24. The van der Waals surface area contributed by atoms with Crippen LogP contribution >= 0.6 is 0 Å². The van der Waals surface area contributed by atoms with Crippen LogP contribution in [0.5, 0.6) is 0 Å². The van der Waals surface area contributed by atoms with Crippen LogP contribution in [-0.4, -0.2) is 44.2 Å². The SMILES string of the molecule is O=C(Nc1cccc(N2CCCC2=O)c1)C1COCCN1. The first-order chi connectivity index (χ1) is 10.2. The Morgan fingerprint density at radius 2 is 2.33 bits per heavy atom. The van der Waals surface area contributed by atoms with Crippen LogP contribution in [0.25, 0.3) is 0 Å². The predicted molar refractivity (Wildman–Crippen MR) is 79.3 cm³/mol. The predicted octanol–water partition coefficient (Wildman–Crippen LogP) is 0.740. The van der Waals surface area contributed by atoms with Crippen molar-refractivity contribution in [2.45, 2.75) is 18.9 Å². The van der Waals surface area contributed by atoms with Gasteiger partial charge in [0.15, 0.2) is 0 Å². The molecular weight excluding hydrogens is 270 g/mol. The maximum Gasteiger partial charge on any atom is 0.243 e. The summed E-state index contributed by atoms with van der Waals surface area (Å²) >= 11 is 0. The number of ether oxygens (including phenoxy) is 1. The first-order valence-corrected chi connectivity index (χ1v) is 7.26. The number of nitrogens with one attached hydrogen (secondary N) is 2. The summed E-state index contributed by atoms with van der Waals surface area (Å²) in [4.78, 5) is 25.7. The molecule has 21 heavy (non-hydrogen) atoms. The summed E-state index contributed by atoms with van der Waals surface area (Å²) in [5.74, 6) is 0.0282. The third kappa shape index (κ3) is 3.22. The lowest BCUT2D eigenvalue weighted by atomic mass is 10.2. The molecule has 6 heteroatoms. The van der Waals surface area contributed by atoms with Gasteiger partial charge in [0.2, 0.25) is 11.8 Å². The molecule has 1 atom stereocenters. The summed E-state index contributed by atoms with van der Waals surface area (Å²) < 4.78 is 5.28. The van der Waals surface area contributed by atoms with Gasteiger partial charge in [-0.25, -0.2) is 0 Å². The number of hydrogen-bond donors (Lipinski definition) is 2. The molecule has 1 unspecified atom stereocenters. The van der Waals surface area contributed by atoms with Crippen LogP contribution in [0, 0.1) is 0 Å². The standard InChI is InChI=1S/C15H19N3O3/c19-14-5-2-7-18(14)12-4-1-3-11(9-12)17-15(20)13-10-21-8-6-16-13/h1,3-4,9,13,16H,2,5-8,10H2,(H,17,20). The second-order valence-electron chi connectivity index (χ2n) is 5.27. The second kappa shape index (κ2) is 6.24. The molecule has 1 aromatic carbocycles. The van der Waals surface area contributed by atoms with Crippen LogP contribution < -0.4 is 15.5 Å². The highest BCUT2D eigenvalue weighted by atomic mass is 16.5. The number of carbonyl (C=O) groups excluding carboxylic acids is 2. The third-order valence-electron chi connectivity index (χ3n) is 3.74. The molecule has 2 N–H and O–H groups in total. The smallest absolute Gasteiger partial charge is 0.243 e. The van der Waals surface area contributed by atoms with E-state index in [1.54, 1.807) is 4.90 Å². The number of morpholine rings is 1. The highest BCUT2D eigenvalue weighted by molar-refractivity contribution is 5.98. The Morgan fingerprint density at radius 3 is 3.05 bits per heavy atom. The molecule has 2 amide bonds. The molecule has 0 aliphatic carbocycles. The lowest BCUT2D eigenvalue weighted by Crippen LogP contribution is -2.48. The van der Waals surface area contributed by atoms with E-state index in [1.165, 1.54) is 0 Å². The van der Waals surface area contributed by atoms with E-state index in [1.807, 2.05) is 24.3 Å². The van der Waals surface area contributed by atoms with Crippen LogP contribution in [0.3, 0.4) is 0 Å². The molecule has 2 aliphatic heterocycles. The summed E-state index contributed by atoms with van der Waals surface area (Å²) in [5.41, 5.74) is 1.53. The zero-order chi connectivity index (χ0) is 14.7. The van der Waals surface area contributed by atoms with E-state index < -0.39 is 0 Å². The summed E-state index contributed by atoms with van der Waals surface area (Å²) in [6.45, 7) is 2.45. The number of rotatable bonds is 3. The van der Waals surface area contributed by atoms with Gasteiger partial charge >= 0.3 is 0 Å². The molecular formula is C15H19N3O3. The zero-order valence-electron chi connectivity index (χ0n) is 11.8. The quantitative estimate of drug-likeness (QED) is 0.861. The first-order valence-electron chi connectivity index (χ1n) is 7.26.